The van der Waals surface area contributed by atoms with Crippen LogP contribution >= 0.6 is 12.6 Å². The molecule has 1 atom stereocenters. The highest BCUT2D eigenvalue weighted by Gasteiger charge is 2.21. The second-order valence-corrected chi connectivity index (χ2v) is 8.21. The van der Waals surface area contributed by atoms with Gasteiger partial charge in [-0.15, -0.1) is 12.6 Å². The van der Waals surface area contributed by atoms with E-state index in [1.165, 1.54) is 5.56 Å². The number of nitrogen functional groups attached to an aromatic ring is 1. The summed E-state index contributed by atoms with van der Waals surface area (Å²) in [4.78, 5) is 18.3. The molecule has 4 aromatic rings. The molecular weight excluding hydrogens is 416 g/mol. The number of hydrogen-bond donors (Lipinski definition) is 4. The minimum Gasteiger partial charge on any atom is -0.383 e. The number of fused-ring (bicyclic) bond motifs is 1. The first-order valence-corrected chi connectivity index (χ1v) is 11.0. The number of rotatable bonds is 7. The first-order chi connectivity index (χ1) is 15.5. The Labute approximate surface area is 193 Å². The van der Waals surface area contributed by atoms with Crippen molar-refractivity contribution in [2.45, 2.75) is 30.8 Å². The standard InChI is InChI=1S/C26H26N4OS/c1-2-17-5-3-7-20(13-17)24(26(31)29-16-18-6-4-8-22(32)14-18)30-21-9-10-23-19(15-21)11-12-28-25(23)27/h3-15,24,30,32H,2,16H2,1H3,(H2,27,28)(H,29,31). The molecule has 0 saturated carbocycles. The minimum absolute atomic E-state index is 0.0999. The van der Waals surface area contributed by atoms with Crippen LogP contribution < -0.4 is 16.4 Å². The van der Waals surface area contributed by atoms with E-state index < -0.39 is 6.04 Å². The number of hydrogen-bond acceptors (Lipinski definition) is 5. The maximum Gasteiger partial charge on any atom is 0.247 e. The zero-order valence-electron chi connectivity index (χ0n) is 17.9. The number of aromatic nitrogens is 1. The lowest BCUT2D eigenvalue weighted by molar-refractivity contribution is -0.122. The molecule has 0 saturated heterocycles. The molecule has 4 N–H and O–H groups in total. The summed E-state index contributed by atoms with van der Waals surface area (Å²) < 4.78 is 0. The van der Waals surface area contributed by atoms with Crippen molar-refractivity contribution in [2.75, 3.05) is 11.1 Å². The molecule has 0 aliphatic rings. The number of carbonyl (C=O) groups excluding carboxylic acids is 1. The molecule has 3 aromatic carbocycles. The normalized spacial score (nSPS) is 11.8. The molecule has 0 bridgehead atoms. The molecule has 4 rings (SSSR count). The molecule has 0 fully saturated rings. The predicted octanol–water partition coefficient (Wildman–Crippen LogP) is 5.14. The highest BCUT2D eigenvalue weighted by molar-refractivity contribution is 7.80. The van der Waals surface area contributed by atoms with Crippen LogP contribution in [-0.4, -0.2) is 10.9 Å². The van der Waals surface area contributed by atoms with Crippen LogP contribution in [0.2, 0.25) is 0 Å². The van der Waals surface area contributed by atoms with Crippen LogP contribution in [0.4, 0.5) is 11.5 Å². The van der Waals surface area contributed by atoms with E-state index in [1.807, 2.05) is 60.7 Å². The zero-order valence-corrected chi connectivity index (χ0v) is 18.8. The van der Waals surface area contributed by atoms with E-state index in [1.54, 1.807) is 6.20 Å². The van der Waals surface area contributed by atoms with Crippen LogP contribution in [0.1, 0.15) is 29.7 Å². The molecular formula is C26H26N4OS. The van der Waals surface area contributed by atoms with Crippen molar-refractivity contribution < 1.29 is 4.79 Å². The van der Waals surface area contributed by atoms with Gasteiger partial charge in [-0.1, -0.05) is 43.3 Å². The number of anilines is 2. The quantitative estimate of drug-likeness (QED) is 0.299. The Morgan fingerprint density at radius 3 is 2.66 bits per heavy atom. The first kappa shape index (κ1) is 21.7. The van der Waals surface area contributed by atoms with E-state index >= 15 is 0 Å². The van der Waals surface area contributed by atoms with Gasteiger partial charge in [-0.25, -0.2) is 4.98 Å². The maximum atomic E-state index is 13.3. The largest absolute Gasteiger partial charge is 0.383 e. The fourth-order valence-electron chi connectivity index (χ4n) is 3.71. The molecule has 1 heterocycles. The number of pyridine rings is 1. The summed E-state index contributed by atoms with van der Waals surface area (Å²) in [5.41, 5.74) is 9.92. The number of nitrogens with one attached hydrogen (secondary N) is 2. The fourth-order valence-corrected chi connectivity index (χ4v) is 3.96. The van der Waals surface area contributed by atoms with Crippen LogP contribution in [0.5, 0.6) is 0 Å². The van der Waals surface area contributed by atoms with Crippen LogP contribution in [0.15, 0.2) is 83.9 Å². The fraction of sp³-hybridized carbons (Fsp3) is 0.154. The van der Waals surface area contributed by atoms with Gasteiger partial charge in [0, 0.05) is 28.7 Å². The van der Waals surface area contributed by atoms with Crippen molar-refractivity contribution in [1.29, 1.82) is 0 Å². The van der Waals surface area contributed by atoms with Gasteiger partial charge >= 0.3 is 0 Å². The third kappa shape index (κ3) is 5.03. The van der Waals surface area contributed by atoms with Crippen LogP contribution in [-0.2, 0) is 17.8 Å². The average molecular weight is 443 g/mol. The number of thiol groups is 1. The van der Waals surface area contributed by atoms with Gasteiger partial charge in [-0.3, -0.25) is 4.79 Å². The van der Waals surface area contributed by atoms with E-state index in [9.17, 15) is 4.79 Å². The first-order valence-electron chi connectivity index (χ1n) is 10.6. The smallest absolute Gasteiger partial charge is 0.247 e. The lowest BCUT2D eigenvalue weighted by atomic mass is 10.0. The molecule has 0 spiro atoms. The van der Waals surface area contributed by atoms with Crippen molar-refractivity contribution in [3.63, 3.8) is 0 Å². The molecule has 1 unspecified atom stereocenters. The van der Waals surface area contributed by atoms with Crippen LogP contribution in [0.25, 0.3) is 10.8 Å². The zero-order chi connectivity index (χ0) is 22.5. The Morgan fingerprint density at radius 1 is 1.03 bits per heavy atom. The van der Waals surface area contributed by atoms with E-state index in [0.29, 0.717) is 12.4 Å². The Hall–Kier alpha value is -3.51. The summed E-state index contributed by atoms with van der Waals surface area (Å²) in [5, 5.41) is 8.34. The third-order valence-corrected chi connectivity index (χ3v) is 5.72. The number of amides is 1. The molecule has 32 heavy (non-hydrogen) atoms. The van der Waals surface area contributed by atoms with Gasteiger partial charge in [0.15, 0.2) is 0 Å². The van der Waals surface area contributed by atoms with Gasteiger partial charge in [0.2, 0.25) is 5.91 Å². The molecule has 0 radical (unpaired) electrons. The SMILES string of the molecule is CCc1cccc(C(Nc2ccc3c(N)nccc3c2)C(=O)NCc2cccc(S)c2)c1. The molecule has 0 aliphatic carbocycles. The third-order valence-electron chi connectivity index (χ3n) is 5.44. The summed E-state index contributed by atoms with van der Waals surface area (Å²) in [6.45, 7) is 2.53. The molecule has 1 aromatic heterocycles. The molecule has 5 nitrogen and oxygen atoms in total. The summed E-state index contributed by atoms with van der Waals surface area (Å²) in [6, 6.07) is 23.1. The second-order valence-electron chi connectivity index (χ2n) is 7.70. The van der Waals surface area contributed by atoms with Gasteiger partial charge in [0.25, 0.3) is 0 Å². The number of carbonyl (C=O) groups is 1. The van der Waals surface area contributed by atoms with Gasteiger partial charge in [0.05, 0.1) is 0 Å². The average Bonchev–Trinajstić information content (AvgIpc) is 2.81. The van der Waals surface area contributed by atoms with Crippen molar-refractivity contribution in [2.24, 2.45) is 0 Å². The second kappa shape index (κ2) is 9.75. The lowest BCUT2D eigenvalue weighted by Crippen LogP contribution is -2.33. The van der Waals surface area contributed by atoms with E-state index in [2.05, 4.69) is 47.3 Å². The minimum atomic E-state index is -0.544. The van der Waals surface area contributed by atoms with Crippen LogP contribution in [0, 0.1) is 0 Å². The van der Waals surface area contributed by atoms with Gasteiger partial charge < -0.3 is 16.4 Å². The Balaban J connectivity index is 1.62. The van der Waals surface area contributed by atoms with Crippen molar-refractivity contribution in [1.82, 2.24) is 10.3 Å². The number of aryl methyl sites for hydroxylation is 1. The summed E-state index contributed by atoms with van der Waals surface area (Å²) in [6.07, 6.45) is 2.59. The highest BCUT2D eigenvalue weighted by Crippen LogP contribution is 2.26. The lowest BCUT2D eigenvalue weighted by Gasteiger charge is -2.21. The van der Waals surface area contributed by atoms with E-state index in [4.69, 9.17) is 5.73 Å². The van der Waals surface area contributed by atoms with Crippen LogP contribution in [0.3, 0.4) is 0 Å². The molecule has 162 valence electrons. The summed E-state index contributed by atoms with van der Waals surface area (Å²) in [7, 11) is 0. The van der Waals surface area contributed by atoms with Crippen molar-refractivity contribution in [3.05, 3.63) is 95.7 Å². The molecule has 1 amide bonds. The Kier molecular flexibility index (Phi) is 6.61. The van der Waals surface area contributed by atoms with E-state index in [-0.39, 0.29) is 5.91 Å². The molecule has 0 aliphatic heterocycles. The van der Waals surface area contributed by atoms with Gasteiger partial charge in [0.1, 0.15) is 11.9 Å². The molecule has 6 heteroatoms. The summed E-state index contributed by atoms with van der Waals surface area (Å²) >= 11 is 4.38. The van der Waals surface area contributed by atoms with Gasteiger partial charge in [-0.2, -0.15) is 0 Å². The number of benzene rings is 3. The van der Waals surface area contributed by atoms with E-state index in [0.717, 1.165) is 38.9 Å². The maximum absolute atomic E-state index is 13.3. The predicted molar refractivity (Wildman–Crippen MR) is 134 cm³/mol. The Morgan fingerprint density at radius 2 is 1.84 bits per heavy atom. The monoisotopic (exact) mass is 442 g/mol. The summed E-state index contributed by atoms with van der Waals surface area (Å²) in [5.74, 6) is 0.391. The van der Waals surface area contributed by atoms with Gasteiger partial charge in [-0.05, 0) is 64.9 Å². The Bertz CT molecular complexity index is 1260. The topological polar surface area (TPSA) is 80.0 Å². The highest BCUT2D eigenvalue weighted by atomic mass is 32.1. The van der Waals surface area contributed by atoms with Crippen molar-refractivity contribution >= 4 is 40.8 Å². The number of nitrogens with two attached hydrogens (primary N) is 1. The number of nitrogens with zero attached hydrogens (tertiary/aromatic N) is 1. The van der Waals surface area contributed by atoms with Crippen molar-refractivity contribution in [3.8, 4) is 0 Å².